The van der Waals surface area contributed by atoms with Crippen LogP contribution in [0.5, 0.6) is 0 Å². The lowest BCUT2D eigenvalue weighted by molar-refractivity contribution is -0.0720. The van der Waals surface area contributed by atoms with Gasteiger partial charge in [0, 0.05) is 18.8 Å². The van der Waals surface area contributed by atoms with Crippen LogP contribution in [0, 0.1) is 11.8 Å². The number of aliphatic hydroxyl groups is 1. The molecule has 0 saturated heterocycles. The number of anilines is 1. The molecule has 3 rings (SSSR count). The summed E-state index contributed by atoms with van der Waals surface area (Å²) in [6.07, 6.45) is 5.53. The van der Waals surface area contributed by atoms with E-state index in [1.807, 2.05) is 13.0 Å². The lowest BCUT2D eigenvalue weighted by atomic mass is 9.65. The van der Waals surface area contributed by atoms with Crippen LogP contribution in [0.1, 0.15) is 61.1 Å². The minimum absolute atomic E-state index is 0.119. The van der Waals surface area contributed by atoms with E-state index < -0.39 is 5.60 Å². The standard InChI is InChI=1S/C21H26BrN3O2/c1-12-8-14(9-13(2)21(12,3)27)16-6-7-24-11-15(16)10-18(26)20-17(23)4-5-19(22)25-20/h4-7,11-14,27H,8-10,23H2,1-3H3/t12-,13+,14?,21?. The zero-order valence-electron chi connectivity index (χ0n) is 15.9. The molecule has 1 saturated carbocycles. The molecule has 1 aliphatic carbocycles. The fourth-order valence-corrected chi connectivity index (χ4v) is 4.39. The van der Waals surface area contributed by atoms with E-state index >= 15 is 0 Å². The number of ketones is 1. The number of nitrogens with two attached hydrogens (primary N) is 1. The highest BCUT2D eigenvalue weighted by Crippen LogP contribution is 2.45. The van der Waals surface area contributed by atoms with Gasteiger partial charge in [0.15, 0.2) is 5.78 Å². The van der Waals surface area contributed by atoms with Gasteiger partial charge in [-0.3, -0.25) is 9.78 Å². The van der Waals surface area contributed by atoms with Gasteiger partial charge in [-0.25, -0.2) is 4.98 Å². The first-order chi connectivity index (χ1) is 12.7. The van der Waals surface area contributed by atoms with Gasteiger partial charge in [0.1, 0.15) is 10.3 Å². The minimum Gasteiger partial charge on any atom is -0.397 e. The van der Waals surface area contributed by atoms with E-state index in [4.69, 9.17) is 5.73 Å². The number of nitrogens with zero attached hydrogens (tertiary/aromatic N) is 2. The number of carbonyl (C=O) groups is 1. The van der Waals surface area contributed by atoms with Crippen molar-refractivity contribution in [1.29, 1.82) is 0 Å². The van der Waals surface area contributed by atoms with Crippen LogP contribution < -0.4 is 5.73 Å². The van der Waals surface area contributed by atoms with Gasteiger partial charge < -0.3 is 10.8 Å². The number of hydrogen-bond donors (Lipinski definition) is 2. The number of Topliss-reactive ketones (excluding diaryl/α,β-unsaturated/α-hetero) is 1. The highest BCUT2D eigenvalue weighted by molar-refractivity contribution is 9.10. The second-order valence-electron chi connectivity index (χ2n) is 7.94. The Bertz CT molecular complexity index is 839. The summed E-state index contributed by atoms with van der Waals surface area (Å²) in [7, 11) is 0. The molecule has 2 heterocycles. The Morgan fingerprint density at radius 1 is 1.30 bits per heavy atom. The third kappa shape index (κ3) is 4.06. The number of rotatable bonds is 4. The van der Waals surface area contributed by atoms with Gasteiger partial charge in [0.2, 0.25) is 0 Å². The van der Waals surface area contributed by atoms with Gasteiger partial charge in [-0.15, -0.1) is 0 Å². The minimum atomic E-state index is -0.659. The molecule has 0 amide bonds. The Kier molecular flexibility index (Phi) is 5.68. The smallest absolute Gasteiger partial charge is 0.187 e. The number of pyridine rings is 2. The van der Waals surface area contributed by atoms with Crippen molar-refractivity contribution in [2.75, 3.05) is 5.73 Å². The van der Waals surface area contributed by atoms with E-state index in [1.165, 1.54) is 0 Å². The van der Waals surface area contributed by atoms with Crippen LogP contribution in [0.3, 0.4) is 0 Å². The van der Waals surface area contributed by atoms with Crippen molar-refractivity contribution in [3.05, 3.63) is 52.0 Å². The van der Waals surface area contributed by atoms with E-state index in [0.29, 0.717) is 16.2 Å². The Labute approximate surface area is 168 Å². The SMILES string of the molecule is C[C@@H]1CC(c2ccncc2CC(=O)c2nc(Br)ccc2N)C[C@H](C)C1(C)O. The summed E-state index contributed by atoms with van der Waals surface area (Å²) in [5.74, 6) is 0.552. The molecule has 144 valence electrons. The first-order valence-corrected chi connectivity index (χ1v) is 10.1. The van der Waals surface area contributed by atoms with Gasteiger partial charge in [0.05, 0.1) is 11.3 Å². The first-order valence-electron chi connectivity index (χ1n) is 9.30. The Balaban J connectivity index is 1.87. The van der Waals surface area contributed by atoms with Crippen LogP contribution in [-0.4, -0.2) is 26.5 Å². The van der Waals surface area contributed by atoms with Crippen molar-refractivity contribution in [3.8, 4) is 0 Å². The predicted molar refractivity (Wildman–Crippen MR) is 110 cm³/mol. The number of aromatic nitrogens is 2. The molecule has 1 aliphatic rings. The summed E-state index contributed by atoms with van der Waals surface area (Å²) in [6.45, 7) is 6.12. The third-order valence-corrected chi connectivity index (χ3v) is 6.60. The topological polar surface area (TPSA) is 89.1 Å². The van der Waals surface area contributed by atoms with Crippen molar-refractivity contribution in [3.63, 3.8) is 0 Å². The van der Waals surface area contributed by atoms with Crippen molar-refractivity contribution >= 4 is 27.4 Å². The number of carbonyl (C=O) groups excluding carboxylic acids is 1. The second kappa shape index (κ2) is 7.68. The van der Waals surface area contributed by atoms with Crippen LogP contribution in [0.4, 0.5) is 5.69 Å². The largest absolute Gasteiger partial charge is 0.397 e. The molecule has 2 aromatic heterocycles. The van der Waals surface area contributed by atoms with E-state index in [0.717, 1.165) is 24.0 Å². The summed E-state index contributed by atoms with van der Waals surface area (Å²) in [6, 6.07) is 5.41. The average molecular weight is 432 g/mol. The van der Waals surface area contributed by atoms with Gasteiger partial charge in [-0.05, 0) is 82.8 Å². The Morgan fingerprint density at radius 2 is 1.96 bits per heavy atom. The quantitative estimate of drug-likeness (QED) is 0.560. The molecule has 3 N–H and O–H groups in total. The van der Waals surface area contributed by atoms with Crippen LogP contribution in [0.15, 0.2) is 35.2 Å². The summed E-state index contributed by atoms with van der Waals surface area (Å²) < 4.78 is 0.587. The van der Waals surface area contributed by atoms with E-state index in [-0.39, 0.29) is 29.7 Å². The second-order valence-corrected chi connectivity index (χ2v) is 8.75. The molecule has 0 bridgehead atoms. The van der Waals surface area contributed by atoms with Gasteiger partial charge in [-0.1, -0.05) is 13.8 Å². The zero-order valence-corrected chi connectivity index (χ0v) is 17.5. The van der Waals surface area contributed by atoms with Crippen LogP contribution >= 0.6 is 15.9 Å². The van der Waals surface area contributed by atoms with E-state index in [1.54, 1.807) is 24.5 Å². The molecule has 27 heavy (non-hydrogen) atoms. The average Bonchev–Trinajstić information content (AvgIpc) is 2.62. The third-order valence-electron chi connectivity index (χ3n) is 6.16. The van der Waals surface area contributed by atoms with Gasteiger partial charge in [-0.2, -0.15) is 0 Å². The van der Waals surface area contributed by atoms with Gasteiger partial charge in [0.25, 0.3) is 0 Å². The fraction of sp³-hybridized carbons (Fsp3) is 0.476. The number of hydrogen-bond acceptors (Lipinski definition) is 5. The molecule has 5 nitrogen and oxygen atoms in total. The molecule has 0 aromatic carbocycles. The maximum absolute atomic E-state index is 12.8. The van der Waals surface area contributed by atoms with Crippen molar-refractivity contribution in [1.82, 2.24) is 9.97 Å². The summed E-state index contributed by atoms with van der Waals surface area (Å²) in [4.78, 5) is 21.3. The lowest BCUT2D eigenvalue weighted by Crippen LogP contribution is -2.44. The van der Waals surface area contributed by atoms with Crippen molar-refractivity contribution in [2.45, 2.75) is 51.6 Å². The molecular formula is C21H26BrN3O2. The molecule has 0 spiro atoms. The number of nitrogen functional groups attached to an aromatic ring is 1. The molecule has 4 atom stereocenters. The van der Waals surface area contributed by atoms with Gasteiger partial charge >= 0.3 is 0 Å². The maximum atomic E-state index is 12.8. The maximum Gasteiger partial charge on any atom is 0.187 e. The lowest BCUT2D eigenvalue weighted by Gasteiger charge is -2.44. The van der Waals surface area contributed by atoms with E-state index in [9.17, 15) is 9.90 Å². The molecule has 1 fully saturated rings. The monoisotopic (exact) mass is 431 g/mol. The molecule has 6 heteroatoms. The van der Waals surface area contributed by atoms with Crippen LogP contribution in [0.2, 0.25) is 0 Å². The number of halogens is 1. The molecule has 0 radical (unpaired) electrons. The molecule has 2 unspecified atom stereocenters. The highest BCUT2D eigenvalue weighted by atomic mass is 79.9. The fourth-order valence-electron chi connectivity index (χ4n) is 4.08. The van der Waals surface area contributed by atoms with E-state index in [2.05, 4.69) is 39.7 Å². The van der Waals surface area contributed by atoms with Crippen molar-refractivity contribution in [2.24, 2.45) is 11.8 Å². The summed E-state index contributed by atoms with van der Waals surface area (Å²) in [5, 5.41) is 10.7. The normalized spacial score (nSPS) is 28.1. The summed E-state index contributed by atoms with van der Waals surface area (Å²) >= 11 is 3.30. The van der Waals surface area contributed by atoms with Crippen LogP contribution in [0.25, 0.3) is 0 Å². The van der Waals surface area contributed by atoms with Crippen molar-refractivity contribution < 1.29 is 9.90 Å². The first kappa shape index (κ1) is 20.0. The zero-order chi connectivity index (χ0) is 19.8. The molecular weight excluding hydrogens is 406 g/mol. The summed E-state index contributed by atoms with van der Waals surface area (Å²) in [5.41, 5.74) is 8.00. The Morgan fingerprint density at radius 3 is 2.63 bits per heavy atom. The molecule has 0 aliphatic heterocycles. The highest BCUT2D eigenvalue weighted by Gasteiger charge is 2.42. The molecule has 2 aromatic rings. The van der Waals surface area contributed by atoms with Crippen LogP contribution in [-0.2, 0) is 6.42 Å². The Hall–Kier alpha value is -1.79. The predicted octanol–water partition coefficient (Wildman–Crippen LogP) is 4.15.